The topological polar surface area (TPSA) is 30.7 Å². The summed E-state index contributed by atoms with van der Waals surface area (Å²) < 4.78 is 25.2. The molecule has 0 N–H and O–H groups in total. The van der Waals surface area contributed by atoms with Crippen LogP contribution in [0.1, 0.15) is 22.2 Å². The van der Waals surface area contributed by atoms with Crippen molar-refractivity contribution in [1.82, 2.24) is 14.5 Å². The van der Waals surface area contributed by atoms with Crippen molar-refractivity contribution in [1.29, 1.82) is 0 Å². The van der Waals surface area contributed by atoms with Crippen molar-refractivity contribution >= 4 is 38.0 Å². The van der Waals surface area contributed by atoms with Gasteiger partial charge < -0.3 is 9.55 Å². The van der Waals surface area contributed by atoms with E-state index in [0.717, 1.165) is 78.1 Å². The van der Waals surface area contributed by atoms with Gasteiger partial charge >= 0.3 is 0 Å². The van der Waals surface area contributed by atoms with Crippen LogP contribution in [0.4, 0.5) is 0 Å². The molecule has 9 aromatic rings. The maximum Gasteiger partial charge on any atom is 0.0774 e. The van der Waals surface area contributed by atoms with E-state index in [1.54, 1.807) is 29.5 Å². The van der Waals surface area contributed by atoms with E-state index in [1.165, 1.54) is 10.9 Å². The molecular formula is C48H35IrN3S-2. The largest absolute Gasteiger partial charge is 0.332 e. The maximum absolute atomic E-state index is 7.23. The SMILES string of the molecule is C=C(C)c1ccc2s[c-]c(-c3nc4ccccc4n3-c3c(-c4ccccc4)cccc3-c3ccccc3)c2c1.[2H]C([2H])([2H])c1ccc(-c2[c-]cccc2)nc1.[Ir]. The van der Waals surface area contributed by atoms with E-state index in [9.17, 15) is 0 Å². The minimum absolute atomic E-state index is 0. The van der Waals surface area contributed by atoms with E-state index in [4.69, 9.17) is 9.10 Å². The second-order valence-corrected chi connectivity index (χ2v) is 13.3. The van der Waals surface area contributed by atoms with E-state index in [0.29, 0.717) is 0 Å². The van der Waals surface area contributed by atoms with Crippen molar-refractivity contribution in [2.24, 2.45) is 0 Å². The third-order valence-electron chi connectivity index (χ3n) is 8.97. The molecule has 0 fully saturated rings. The van der Waals surface area contributed by atoms with Gasteiger partial charge in [0.25, 0.3) is 0 Å². The predicted molar refractivity (Wildman–Crippen MR) is 220 cm³/mol. The number of aromatic nitrogens is 3. The van der Waals surface area contributed by atoms with Crippen LogP contribution in [0, 0.1) is 18.3 Å². The summed E-state index contributed by atoms with van der Waals surface area (Å²) in [5.41, 5.74) is 12.8. The molecule has 0 unspecified atom stereocenters. The van der Waals surface area contributed by atoms with E-state index in [2.05, 4.69) is 156 Å². The fourth-order valence-electron chi connectivity index (χ4n) is 6.42. The normalized spacial score (nSPS) is 11.8. The summed E-state index contributed by atoms with van der Waals surface area (Å²) in [4.78, 5) is 9.37. The molecule has 0 bridgehead atoms. The zero-order valence-corrected chi connectivity index (χ0v) is 32.1. The van der Waals surface area contributed by atoms with Crippen molar-refractivity contribution in [3.63, 3.8) is 0 Å². The Bertz CT molecular complexity index is 2700. The number of nitrogens with zero attached hydrogens (tertiary/aromatic N) is 3. The van der Waals surface area contributed by atoms with E-state index < -0.39 is 6.85 Å². The Labute approximate surface area is 332 Å². The molecule has 5 heteroatoms. The van der Waals surface area contributed by atoms with Gasteiger partial charge in [0.05, 0.1) is 22.5 Å². The molecule has 9 rings (SSSR count). The molecule has 1 radical (unpaired) electrons. The van der Waals surface area contributed by atoms with Crippen LogP contribution in [0.2, 0.25) is 0 Å². The van der Waals surface area contributed by atoms with E-state index >= 15 is 0 Å². The first-order chi connectivity index (χ1) is 26.8. The van der Waals surface area contributed by atoms with E-state index in [1.807, 2.05) is 18.2 Å². The van der Waals surface area contributed by atoms with Gasteiger partial charge in [-0.25, -0.2) is 0 Å². The first-order valence-electron chi connectivity index (χ1n) is 18.5. The van der Waals surface area contributed by atoms with Crippen molar-refractivity contribution in [3.05, 3.63) is 193 Å². The van der Waals surface area contributed by atoms with Gasteiger partial charge in [0.15, 0.2) is 0 Å². The number of para-hydroxylation sites is 3. The van der Waals surface area contributed by atoms with Crippen molar-refractivity contribution < 1.29 is 24.2 Å². The quantitative estimate of drug-likeness (QED) is 0.156. The second kappa shape index (κ2) is 15.9. The number of fused-ring (bicyclic) bond motifs is 2. The van der Waals surface area contributed by atoms with Gasteiger partial charge in [0.1, 0.15) is 0 Å². The minimum Gasteiger partial charge on any atom is -0.332 e. The number of allylic oxidation sites excluding steroid dienone is 1. The molecule has 53 heavy (non-hydrogen) atoms. The number of hydrogen-bond acceptors (Lipinski definition) is 3. The summed E-state index contributed by atoms with van der Waals surface area (Å²) in [5.74, 6) is 0.891. The Kier molecular flexibility index (Phi) is 9.59. The summed E-state index contributed by atoms with van der Waals surface area (Å²) in [6, 6.07) is 56.5. The molecule has 0 saturated carbocycles. The molecule has 0 aliphatic heterocycles. The van der Waals surface area contributed by atoms with Crippen LogP contribution in [0.3, 0.4) is 0 Å². The van der Waals surface area contributed by atoms with Gasteiger partial charge in [-0.3, -0.25) is 16.3 Å². The summed E-state index contributed by atoms with van der Waals surface area (Å²) in [6.45, 7) is 4.14. The van der Waals surface area contributed by atoms with E-state index in [-0.39, 0.29) is 25.7 Å². The molecule has 0 aliphatic rings. The fraction of sp³-hybridized carbons (Fsp3) is 0.0417. The molecule has 259 valence electrons. The van der Waals surface area contributed by atoms with Gasteiger partial charge in [0, 0.05) is 41.5 Å². The van der Waals surface area contributed by atoms with Crippen LogP contribution in [0.5, 0.6) is 0 Å². The Morgan fingerprint density at radius 1 is 0.755 bits per heavy atom. The van der Waals surface area contributed by atoms with Gasteiger partial charge in [-0.1, -0.05) is 149 Å². The molecular weight excluding hydrogens is 843 g/mol. The molecule has 0 spiro atoms. The fourth-order valence-corrected chi connectivity index (χ4v) is 7.24. The first-order valence-corrected chi connectivity index (χ1v) is 17.8. The predicted octanol–water partition coefficient (Wildman–Crippen LogP) is 12.9. The Morgan fingerprint density at radius 2 is 1.45 bits per heavy atom. The monoisotopic (exact) mass is 881 g/mol. The van der Waals surface area contributed by atoms with Crippen LogP contribution in [0.15, 0.2) is 171 Å². The number of pyridine rings is 1. The number of hydrogen-bond donors (Lipinski definition) is 0. The van der Waals surface area contributed by atoms with Crippen molar-refractivity contribution in [3.8, 4) is 50.6 Å². The standard InChI is InChI=1S/C36H25N2S.C12H10N.Ir/c1-24(2)27-20-21-34-30(22-27)31(23-39-34)36-37-32-18-9-10-19-33(32)38(36)35-28(25-12-5-3-6-13-25)16-11-17-29(35)26-14-7-4-8-15-26;1-10-7-8-12(13-9-10)11-5-3-2-4-6-11;/h3-22H,1H2,2H3;2-5,7-9H,1H3;/q2*-1;/i;1D3;. The van der Waals surface area contributed by atoms with Gasteiger partial charge in [0.2, 0.25) is 0 Å². The van der Waals surface area contributed by atoms with Gasteiger partial charge in [-0.05, 0) is 53.9 Å². The molecule has 3 aromatic heterocycles. The van der Waals surface area contributed by atoms with Gasteiger partial charge in [-0.2, -0.15) is 0 Å². The van der Waals surface area contributed by atoms with Crippen molar-refractivity contribution in [2.75, 3.05) is 0 Å². The molecule has 6 aromatic carbocycles. The number of rotatable bonds is 6. The Hall–Kier alpha value is -5.71. The number of thiophene rings is 1. The zero-order valence-electron chi connectivity index (χ0n) is 31.9. The first kappa shape index (κ1) is 32.0. The molecule has 0 aliphatic carbocycles. The summed E-state index contributed by atoms with van der Waals surface area (Å²) in [6.07, 6.45) is 1.39. The van der Waals surface area contributed by atoms with Gasteiger partial charge in [-0.15, -0.1) is 41.3 Å². The van der Waals surface area contributed by atoms with Crippen molar-refractivity contribution in [2.45, 2.75) is 13.8 Å². The molecule has 3 nitrogen and oxygen atoms in total. The average molecular weight is 881 g/mol. The smallest absolute Gasteiger partial charge is 0.0774 e. The van der Waals surface area contributed by atoms with Crippen LogP contribution < -0.4 is 0 Å². The number of imidazole rings is 1. The zero-order chi connectivity index (χ0) is 37.9. The van der Waals surface area contributed by atoms with Crippen LogP contribution in [0.25, 0.3) is 77.3 Å². The molecule has 0 saturated heterocycles. The number of aryl methyl sites for hydroxylation is 1. The molecule has 0 amide bonds. The average Bonchev–Trinajstić information content (AvgIpc) is 3.83. The third-order valence-corrected chi connectivity index (χ3v) is 9.85. The summed E-state index contributed by atoms with van der Waals surface area (Å²) in [5, 5.41) is 4.76. The van der Waals surface area contributed by atoms with Crippen LogP contribution in [-0.2, 0) is 20.1 Å². The summed E-state index contributed by atoms with van der Waals surface area (Å²) in [7, 11) is 0. The third kappa shape index (κ3) is 7.33. The second-order valence-electron chi connectivity index (χ2n) is 12.5. The molecule has 0 atom stereocenters. The minimum atomic E-state index is -2.09. The maximum atomic E-state index is 7.23. The summed E-state index contributed by atoms with van der Waals surface area (Å²) >= 11 is 1.64. The Morgan fingerprint density at radius 3 is 2.09 bits per heavy atom. The number of benzene rings is 6. The Balaban J connectivity index is 0.000000238. The van der Waals surface area contributed by atoms with Crippen LogP contribution in [-0.4, -0.2) is 14.5 Å². The van der Waals surface area contributed by atoms with Crippen LogP contribution >= 0.6 is 11.3 Å². The molecule has 3 heterocycles.